The lowest BCUT2D eigenvalue weighted by atomic mass is 9.73. The summed E-state index contributed by atoms with van der Waals surface area (Å²) in [5.41, 5.74) is 7.27. The number of fused-ring (bicyclic) bond motifs is 3. The Labute approximate surface area is 126 Å². The molecule has 21 heavy (non-hydrogen) atoms. The quantitative estimate of drug-likeness (QED) is 0.587. The zero-order chi connectivity index (χ0) is 14.4. The van der Waals surface area contributed by atoms with Crippen molar-refractivity contribution in [2.24, 2.45) is 0 Å². The molecule has 0 bridgehead atoms. The van der Waals surface area contributed by atoms with Crippen LogP contribution < -0.4 is 5.46 Å². The Morgan fingerprint density at radius 3 is 2.19 bits per heavy atom. The molecule has 0 fully saturated rings. The number of hydrogen-bond donors (Lipinski definition) is 0. The summed E-state index contributed by atoms with van der Waals surface area (Å²) in [4.78, 5) is 0. The highest BCUT2D eigenvalue weighted by atomic mass is 14.4. The fraction of sp³-hybridized carbons (Fsp3) is 0.100. The first-order valence-electron chi connectivity index (χ1n) is 7.26. The summed E-state index contributed by atoms with van der Waals surface area (Å²) in [5, 5.41) is 0. The molecule has 1 unspecified atom stereocenters. The Kier molecular flexibility index (Phi) is 2.59. The van der Waals surface area contributed by atoms with E-state index in [-0.39, 0.29) is 5.41 Å². The first-order valence-corrected chi connectivity index (χ1v) is 7.26. The summed E-state index contributed by atoms with van der Waals surface area (Å²) < 4.78 is 0. The summed E-state index contributed by atoms with van der Waals surface area (Å²) in [5.74, 6) is 0. The third-order valence-electron chi connectivity index (χ3n) is 4.69. The normalized spacial score (nSPS) is 19.1. The van der Waals surface area contributed by atoms with Gasteiger partial charge >= 0.3 is 0 Å². The van der Waals surface area contributed by atoms with Crippen LogP contribution in [0.25, 0.3) is 11.1 Å². The van der Waals surface area contributed by atoms with E-state index in [1.54, 1.807) is 0 Å². The van der Waals surface area contributed by atoms with E-state index in [0.29, 0.717) is 0 Å². The zero-order valence-corrected chi connectivity index (χ0v) is 12.0. The lowest BCUT2D eigenvalue weighted by Gasteiger charge is -2.28. The second-order valence-electron chi connectivity index (χ2n) is 5.84. The van der Waals surface area contributed by atoms with Crippen molar-refractivity contribution < 1.29 is 0 Å². The van der Waals surface area contributed by atoms with Crippen molar-refractivity contribution in [3.8, 4) is 11.1 Å². The average molecular weight is 266 g/mol. The Hall–Kier alpha value is -2.28. The van der Waals surface area contributed by atoms with Crippen LogP contribution in [0, 0.1) is 0 Å². The van der Waals surface area contributed by atoms with Crippen LogP contribution >= 0.6 is 0 Å². The molecule has 4 rings (SSSR count). The highest BCUT2D eigenvalue weighted by Crippen LogP contribution is 2.51. The predicted octanol–water partition coefficient (Wildman–Crippen LogP) is 3.82. The topological polar surface area (TPSA) is 0 Å². The largest absolute Gasteiger partial charge is 0.113 e. The van der Waals surface area contributed by atoms with Crippen molar-refractivity contribution in [2.45, 2.75) is 12.3 Å². The summed E-state index contributed by atoms with van der Waals surface area (Å²) in [6, 6.07) is 25.6. The molecule has 0 amide bonds. The van der Waals surface area contributed by atoms with Gasteiger partial charge in [0.15, 0.2) is 0 Å². The van der Waals surface area contributed by atoms with E-state index in [9.17, 15) is 0 Å². The molecule has 0 saturated carbocycles. The Morgan fingerprint density at radius 2 is 1.38 bits per heavy atom. The first-order chi connectivity index (χ1) is 10.2. The molecule has 2 radical (unpaired) electrons. The van der Waals surface area contributed by atoms with E-state index < -0.39 is 0 Å². The molecular formula is C20H15B. The van der Waals surface area contributed by atoms with Crippen LogP contribution in [0.3, 0.4) is 0 Å². The third-order valence-corrected chi connectivity index (χ3v) is 4.69. The molecule has 0 aliphatic heterocycles. The van der Waals surface area contributed by atoms with Gasteiger partial charge in [-0.2, -0.15) is 0 Å². The van der Waals surface area contributed by atoms with Gasteiger partial charge in [-0.15, -0.1) is 0 Å². The van der Waals surface area contributed by atoms with Crippen molar-refractivity contribution in [1.82, 2.24) is 0 Å². The summed E-state index contributed by atoms with van der Waals surface area (Å²) in [6.45, 7) is 2.30. The van der Waals surface area contributed by atoms with Crippen LogP contribution in [0.5, 0.6) is 0 Å². The molecule has 0 saturated heterocycles. The lowest BCUT2D eigenvalue weighted by molar-refractivity contribution is 0.714. The SMILES string of the molecule is [B]c1ccc2c(c1)C(C)(c1ccccc1)c1ccccc1-2. The fourth-order valence-corrected chi connectivity index (χ4v) is 3.59. The molecular weight excluding hydrogens is 251 g/mol. The molecule has 0 spiro atoms. The van der Waals surface area contributed by atoms with Gasteiger partial charge in [0.1, 0.15) is 7.85 Å². The molecule has 3 aromatic rings. The minimum absolute atomic E-state index is 0.136. The monoisotopic (exact) mass is 266 g/mol. The third kappa shape index (κ3) is 1.64. The van der Waals surface area contributed by atoms with Gasteiger partial charge < -0.3 is 0 Å². The van der Waals surface area contributed by atoms with E-state index in [1.807, 2.05) is 6.07 Å². The number of benzene rings is 3. The summed E-state index contributed by atoms with van der Waals surface area (Å²) >= 11 is 0. The Bertz CT molecular complexity index is 820. The van der Waals surface area contributed by atoms with Crippen LogP contribution in [0.2, 0.25) is 0 Å². The second kappa shape index (κ2) is 4.36. The Balaban J connectivity index is 2.10. The van der Waals surface area contributed by atoms with Crippen molar-refractivity contribution in [1.29, 1.82) is 0 Å². The highest BCUT2D eigenvalue weighted by molar-refractivity contribution is 6.32. The smallest absolute Gasteiger partial charge is 0.0963 e. The lowest BCUT2D eigenvalue weighted by Crippen LogP contribution is -2.23. The predicted molar refractivity (Wildman–Crippen MR) is 89.3 cm³/mol. The average Bonchev–Trinajstić information content (AvgIpc) is 2.79. The van der Waals surface area contributed by atoms with Gasteiger partial charge in [-0.1, -0.05) is 78.3 Å². The molecule has 0 heterocycles. The molecule has 98 valence electrons. The van der Waals surface area contributed by atoms with E-state index in [4.69, 9.17) is 7.85 Å². The minimum Gasteiger partial charge on any atom is -0.0963 e. The van der Waals surface area contributed by atoms with E-state index in [2.05, 4.69) is 73.7 Å². The maximum absolute atomic E-state index is 6.06. The number of rotatable bonds is 1. The van der Waals surface area contributed by atoms with Crippen LogP contribution in [0.15, 0.2) is 72.8 Å². The van der Waals surface area contributed by atoms with Crippen LogP contribution in [0.1, 0.15) is 23.6 Å². The molecule has 1 aliphatic rings. The van der Waals surface area contributed by atoms with Gasteiger partial charge in [0.25, 0.3) is 0 Å². The molecule has 0 aromatic heterocycles. The second-order valence-corrected chi connectivity index (χ2v) is 5.84. The van der Waals surface area contributed by atoms with Gasteiger partial charge in [0, 0.05) is 5.41 Å². The maximum atomic E-state index is 6.06. The van der Waals surface area contributed by atoms with Crippen molar-refractivity contribution >= 4 is 13.3 Å². The standard InChI is InChI=1S/C20H15B/c1-20(14-7-3-2-4-8-14)18-10-6-5-9-16(18)17-12-11-15(21)13-19(17)20/h2-13H,1H3. The van der Waals surface area contributed by atoms with Crippen molar-refractivity contribution in [3.05, 3.63) is 89.5 Å². The van der Waals surface area contributed by atoms with Gasteiger partial charge in [-0.05, 0) is 34.7 Å². The minimum atomic E-state index is -0.136. The first kappa shape index (κ1) is 12.5. The maximum Gasteiger partial charge on any atom is 0.113 e. The Morgan fingerprint density at radius 1 is 0.714 bits per heavy atom. The molecule has 1 atom stereocenters. The fourth-order valence-electron chi connectivity index (χ4n) is 3.59. The van der Waals surface area contributed by atoms with Crippen LogP contribution in [-0.2, 0) is 5.41 Å². The molecule has 1 heteroatoms. The summed E-state index contributed by atoms with van der Waals surface area (Å²) in [7, 11) is 6.06. The highest BCUT2D eigenvalue weighted by Gasteiger charge is 2.40. The summed E-state index contributed by atoms with van der Waals surface area (Å²) in [6.07, 6.45) is 0. The van der Waals surface area contributed by atoms with E-state index in [0.717, 1.165) is 5.46 Å². The molecule has 3 aromatic carbocycles. The van der Waals surface area contributed by atoms with Gasteiger partial charge in [0.05, 0.1) is 0 Å². The van der Waals surface area contributed by atoms with Crippen LogP contribution in [0.4, 0.5) is 0 Å². The van der Waals surface area contributed by atoms with Crippen molar-refractivity contribution in [2.75, 3.05) is 0 Å². The molecule has 0 N–H and O–H groups in total. The van der Waals surface area contributed by atoms with Gasteiger partial charge in [0.2, 0.25) is 0 Å². The van der Waals surface area contributed by atoms with Gasteiger partial charge in [-0.3, -0.25) is 0 Å². The van der Waals surface area contributed by atoms with Crippen molar-refractivity contribution in [3.63, 3.8) is 0 Å². The van der Waals surface area contributed by atoms with E-state index >= 15 is 0 Å². The van der Waals surface area contributed by atoms with Crippen LogP contribution in [-0.4, -0.2) is 7.85 Å². The van der Waals surface area contributed by atoms with Gasteiger partial charge in [-0.25, -0.2) is 0 Å². The molecule has 1 aliphatic carbocycles. The number of hydrogen-bond acceptors (Lipinski definition) is 0. The molecule has 0 nitrogen and oxygen atoms in total. The van der Waals surface area contributed by atoms with E-state index in [1.165, 1.54) is 27.8 Å². The zero-order valence-electron chi connectivity index (χ0n) is 12.0.